The van der Waals surface area contributed by atoms with Crippen LogP contribution in [0.5, 0.6) is 0 Å². The third-order valence-electron chi connectivity index (χ3n) is 7.40. The van der Waals surface area contributed by atoms with Crippen molar-refractivity contribution < 1.29 is 0 Å². The summed E-state index contributed by atoms with van der Waals surface area (Å²) in [5.41, 5.74) is 0. The maximum absolute atomic E-state index is 2.57. The van der Waals surface area contributed by atoms with Gasteiger partial charge in [0.25, 0.3) is 0 Å². The summed E-state index contributed by atoms with van der Waals surface area (Å²) in [6, 6.07) is 0. The van der Waals surface area contributed by atoms with Crippen LogP contribution < -0.4 is 0 Å². The Balaban J connectivity index is 4.95. The first-order valence-corrected chi connectivity index (χ1v) is 19.3. The molecule has 0 amide bonds. The smallest absolute Gasteiger partial charge is 0.000845 e. The van der Waals surface area contributed by atoms with Crippen LogP contribution in [-0.4, -0.2) is 30.0 Å². The molecular weight excluding hydrogens is 434 g/mol. The van der Waals surface area contributed by atoms with Crippen molar-refractivity contribution in [2.75, 3.05) is 24.6 Å². The Morgan fingerprint density at radius 1 is 0.333 bits per heavy atom. The van der Waals surface area contributed by atoms with Crippen molar-refractivity contribution in [3.05, 3.63) is 0 Å². The molecule has 0 aliphatic heterocycles. The second kappa shape index (κ2) is 27.4. The van der Waals surface area contributed by atoms with Gasteiger partial charge in [-0.3, -0.25) is 0 Å². The molecule has 0 spiro atoms. The molecule has 0 atom stereocenters. The highest BCUT2D eigenvalue weighted by Gasteiger charge is 2.26. The van der Waals surface area contributed by atoms with E-state index in [1.807, 2.05) is 0 Å². The van der Waals surface area contributed by atoms with Gasteiger partial charge in [-0.1, -0.05) is 153 Å². The summed E-state index contributed by atoms with van der Waals surface area (Å²) in [6.07, 6.45) is 37.3. The second-order valence-electron chi connectivity index (χ2n) is 10.6. The van der Waals surface area contributed by atoms with E-state index in [0.717, 1.165) is 5.40 Å². The molecule has 0 aliphatic rings. The van der Waals surface area contributed by atoms with E-state index in [1.54, 1.807) is 24.6 Å². The van der Waals surface area contributed by atoms with Crippen molar-refractivity contribution in [2.24, 2.45) is 0 Å². The van der Waals surface area contributed by atoms with Gasteiger partial charge in [0.15, 0.2) is 0 Å². The summed E-state index contributed by atoms with van der Waals surface area (Å²) in [5.74, 6) is 0. The maximum atomic E-state index is 2.57. The van der Waals surface area contributed by atoms with Crippen LogP contribution in [0.1, 0.15) is 169 Å². The quantitative estimate of drug-likeness (QED) is 0.0777. The lowest BCUT2D eigenvalue weighted by Gasteiger charge is -2.35. The highest BCUT2D eigenvalue weighted by Crippen LogP contribution is 2.61. The average molecular weight is 501 g/mol. The van der Waals surface area contributed by atoms with Crippen LogP contribution in [-0.2, 0) is 0 Å². The predicted octanol–water partition coefficient (Wildman–Crippen LogP) is 12.6. The molecule has 2 heteroatoms. The van der Waals surface area contributed by atoms with Crippen LogP contribution >= 0.6 is 15.8 Å². The Morgan fingerprint density at radius 3 is 0.788 bits per heavy atom. The van der Waals surface area contributed by atoms with E-state index in [0.29, 0.717) is 0 Å². The Morgan fingerprint density at radius 2 is 0.576 bits per heavy atom. The topological polar surface area (TPSA) is 0 Å². The molecule has 0 bridgehead atoms. The minimum absolute atomic E-state index is 0.268. The molecule has 0 saturated carbocycles. The molecule has 0 rings (SSSR count). The Bertz CT molecular complexity index is 297. The van der Waals surface area contributed by atoms with Gasteiger partial charge >= 0.3 is 0 Å². The zero-order valence-electron chi connectivity index (χ0n) is 24.1. The van der Waals surface area contributed by atoms with Crippen LogP contribution in [0.4, 0.5) is 0 Å². The first-order chi connectivity index (χ1) is 16.2. The van der Waals surface area contributed by atoms with Gasteiger partial charge in [-0.15, -0.1) is 0 Å². The van der Waals surface area contributed by atoms with Gasteiger partial charge in [0.1, 0.15) is 0 Å². The van der Waals surface area contributed by atoms with E-state index in [4.69, 9.17) is 0 Å². The number of unbranched alkanes of at least 4 members (excludes halogenated alkanes) is 16. The van der Waals surface area contributed by atoms with E-state index in [9.17, 15) is 0 Å². The van der Waals surface area contributed by atoms with Gasteiger partial charge in [0.2, 0.25) is 0 Å². The normalized spacial score (nSPS) is 12.0. The number of rotatable bonds is 27. The van der Waals surface area contributed by atoms with Gasteiger partial charge in [-0.05, 0) is 62.2 Å². The molecule has 0 fully saturated rings. The standard InChI is InChI=1S/C31H66P2/c1-6-11-15-19-23-27-32(28-24-20-16-12-7-2)31(10-5)33(29-25-21-17-13-8-3)30-26-22-18-14-9-4/h31H,6-30H2,1-5H3. The minimum Gasteiger partial charge on any atom is -0.0991 e. The monoisotopic (exact) mass is 500 g/mol. The molecule has 0 aromatic carbocycles. The van der Waals surface area contributed by atoms with Crippen LogP contribution in [0, 0.1) is 0 Å². The lowest BCUT2D eigenvalue weighted by atomic mass is 10.2. The number of hydrogen-bond acceptors (Lipinski definition) is 0. The molecule has 0 radical (unpaired) electrons. The average Bonchev–Trinajstić information content (AvgIpc) is 2.82. The summed E-state index contributed by atoms with van der Waals surface area (Å²) < 4.78 is 0. The Hall–Kier alpha value is 0.860. The van der Waals surface area contributed by atoms with E-state index in [2.05, 4.69) is 34.6 Å². The first kappa shape index (κ1) is 33.9. The molecule has 0 aromatic heterocycles. The lowest BCUT2D eigenvalue weighted by molar-refractivity contribution is 0.649. The highest BCUT2D eigenvalue weighted by atomic mass is 31.2. The Labute approximate surface area is 215 Å². The molecule has 0 nitrogen and oxygen atoms in total. The summed E-state index contributed by atoms with van der Waals surface area (Å²) in [7, 11) is 0.537. The molecule has 33 heavy (non-hydrogen) atoms. The first-order valence-electron chi connectivity index (χ1n) is 15.7. The lowest BCUT2D eigenvalue weighted by Crippen LogP contribution is -2.12. The fraction of sp³-hybridized carbons (Fsp3) is 1.00. The predicted molar refractivity (Wildman–Crippen MR) is 162 cm³/mol. The van der Waals surface area contributed by atoms with Crippen molar-refractivity contribution in [1.82, 2.24) is 0 Å². The molecule has 0 unspecified atom stereocenters. The van der Waals surface area contributed by atoms with E-state index in [-0.39, 0.29) is 15.8 Å². The Kier molecular flexibility index (Phi) is 28.2. The fourth-order valence-corrected chi connectivity index (χ4v) is 13.7. The number of hydrogen-bond donors (Lipinski definition) is 0. The van der Waals surface area contributed by atoms with Crippen molar-refractivity contribution in [2.45, 2.75) is 175 Å². The molecule has 0 saturated heterocycles. The van der Waals surface area contributed by atoms with Crippen molar-refractivity contribution in [3.8, 4) is 0 Å². The molecule has 0 N–H and O–H groups in total. The van der Waals surface area contributed by atoms with Crippen molar-refractivity contribution in [3.63, 3.8) is 0 Å². The maximum Gasteiger partial charge on any atom is -0.000845 e. The molecule has 200 valence electrons. The summed E-state index contributed by atoms with van der Waals surface area (Å²) in [4.78, 5) is 0. The largest absolute Gasteiger partial charge is 0.0991 e. The van der Waals surface area contributed by atoms with Gasteiger partial charge in [-0.25, -0.2) is 0 Å². The van der Waals surface area contributed by atoms with E-state index in [1.165, 1.54) is 135 Å². The third kappa shape index (κ3) is 20.7. The van der Waals surface area contributed by atoms with Gasteiger partial charge < -0.3 is 0 Å². The van der Waals surface area contributed by atoms with Gasteiger partial charge in [-0.2, -0.15) is 0 Å². The third-order valence-corrected chi connectivity index (χ3v) is 15.3. The zero-order valence-corrected chi connectivity index (χ0v) is 25.9. The summed E-state index contributed by atoms with van der Waals surface area (Å²) in [6.45, 7) is 12.0. The fourth-order valence-electron chi connectivity index (χ4n) is 5.24. The highest BCUT2D eigenvalue weighted by molar-refractivity contribution is 7.75. The molecule has 0 heterocycles. The van der Waals surface area contributed by atoms with Crippen molar-refractivity contribution >= 4 is 15.8 Å². The summed E-state index contributed by atoms with van der Waals surface area (Å²) in [5, 5.41) is 1.13. The van der Waals surface area contributed by atoms with Gasteiger partial charge in [0, 0.05) is 0 Å². The molecular formula is C31H66P2. The SMILES string of the molecule is CCCCCCCP(CCCCCCC)C(CC)P(CCCCCCC)CCCCCCC. The van der Waals surface area contributed by atoms with Crippen LogP contribution in [0.15, 0.2) is 0 Å². The van der Waals surface area contributed by atoms with E-state index >= 15 is 0 Å². The zero-order chi connectivity index (χ0) is 24.4. The van der Waals surface area contributed by atoms with Gasteiger partial charge in [0.05, 0.1) is 0 Å². The summed E-state index contributed by atoms with van der Waals surface area (Å²) >= 11 is 0. The van der Waals surface area contributed by atoms with Crippen LogP contribution in [0.2, 0.25) is 0 Å². The van der Waals surface area contributed by atoms with Crippen molar-refractivity contribution in [1.29, 1.82) is 0 Å². The van der Waals surface area contributed by atoms with E-state index < -0.39 is 0 Å². The molecule has 0 aliphatic carbocycles. The second-order valence-corrected chi connectivity index (χ2v) is 16.4. The van der Waals surface area contributed by atoms with Crippen LogP contribution in [0.3, 0.4) is 0 Å². The molecule has 0 aromatic rings. The van der Waals surface area contributed by atoms with Crippen LogP contribution in [0.25, 0.3) is 0 Å². The minimum atomic E-state index is 0.268.